The van der Waals surface area contributed by atoms with Gasteiger partial charge in [0.25, 0.3) is 0 Å². The summed E-state index contributed by atoms with van der Waals surface area (Å²) < 4.78 is 50.7. The molecule has 6 atom stereocenters. The molecule has 5 rings (SSSR count). The van der Waals surface area contributed by atoms with E-state index in [4.69, 9.17) is 18.9 Å². The number of carbonyl (C=O) groups is 2. The van der Waals surface area contributed by atoms with Crippen LogP contribution in [0.4, 0.5) is 4.79 Å². The number of ether oxygens (including phenoxy) is 4. The molecule has 2 unspecified atom stereocenters. The maximum Gasteiger partial charge on any atom is 0.407 e. The predicted molar refractivity (Wildman–Crippen MR) is 150 cm³/mol. The highest BCUT2D eigenvalue weighted by Gasteiger charge is 2.44. The second-order valence-electron chi connectivity index (χ2n) is 10.8. The van der Waals surface area contributed by atoms with Gasteiger partial charge in [0, 0.05) is 25.6 Å². The summed E-state index contributed by atoms with van der Waals surface area (Å²) in [6.45, 7) is 0.382. The molecule has 0 radical (unpaired) electrons. The van der Waals surface area contributed by atoms with Crippen molar-refractivity contribution in [1.29, 1.82) is 0 Å². The van der Waals surface area contributed by atoms with Crippen LogP contribution in [0.15, 0.2) is 59.5 Å². The van der Waals surface area contributed by atoms with Crippen LogP contribution in [0.3, 0.4) is 0 Å². The monoisotopic (exact) mass is 603 g/mol. The van der Waals surface area contributed by atoms with Crippen molar-refractivity contribution < 1.29 is 42.1 Å². The van der Waals surface area contributed by atoms with Crippen LogP contribution in [0.25, 0.3) is 0 Å². The Hall–Kier alpha value is -3.23. The summed E-state index contributed by atoms with van der Waals surface area (Å²) in [5.41, 5.74) is 0.836. The zero-order valence-corrected chi connectivity index (χ0v) is 24.2. The van der Waals surface area contributed by atoms with Crippen molar-refractivity contribution in [3.05, 3.63) is 60.2 Å². The Balaban J connectivity index is 1.34. The van der Waals surface area contributed by atoms with Crippen molar-refractivity contribution in [1.82, 2.24) is 14.9 Å². The summed E-state index contributed by atoms with van der Waals surface area (Å²) in [5.74, 6) is 0.289. The smallest absolute Gasteiger partial charge is 0.407 e. The minimum absolute atomic E-state index is 0.0152. The van der Waals surface area contributed by atoms with Gasteiger partial charge in [0.15, 0.2) is 6.29 Å². The van der Waals surface area contributed by atoms with E-state index in [1.54, 1.807) is 12.1 Å². The molecule has 0 aromatic heterocycles. The number of amides is 2. The summed E-state index contributed by atoms with van der Waals surface area (Å²) in [6.07, 6.45) is -1.21. The molecule has 3 fully saturated rings. The van der Waals surface area contributed by atoms with Crippen LogP contribution in [0.1, 0.15) is 24.8 Å². The highest BCUT2D eigenvalue weighted by atomic mass is 32.2. The molecule has 12 nitrogen and oxygen atoms in total. The van der Waals surface area contributed by atoms with E-state index in [1.807, 2.05) is 30.3 Å². The lowest BCUT2D eigenvalue weighted by atomic mass is 10.0. The molecular formula is C29H37N3O9S. The Kier molecular flexibility index (Phi) is 9.63. The summed E-state index contributed by atoms with van der Waals surface area (Å²) >= 11 is 0. The number of rotatable bonds is 12. The van der Waals surface area contributed by atoms with E-state index < -0.39 is 40.4 Å². The second-order valence-corrected chi connectivity index (χ2v) is 12.7. The minimum atomic E-state index is -4.10. The van der Waals surface area contributed by atoms with Gasteiger partial charge in [0.2, 0.25) is 15.9 Å². The largest absolute Gasteiger partial charge is 0.497 e. The van der Waals surface area contributed by atoms with Crippen molar-refractivity contribution in [2.75, 3.05) is 33.4 Å². The van der Waals surface area contributed by atoms with Crippen molar-refractivity contribution in [3.63, 3.8) is 0 Å². The maximum absolute atomic E-state index is 13.8. The van der Waals surface area contributed by atoms with E-state index in [1.165, 1.54) is 19.2 Å². The number of carbonyl (C=O) groups excluding carboxylic acids is 2. The third kappa shape index (κ3) is 7.21. The highest BCUT2D eigenvalue weighted by molar-refractivity contribution is 7.89. The average Bonchev–Trinajstić information content (AvgIpc) is 3.72. The fourth-order valence-corrected chi connectivity index (χ4v) is 7.09. The quantitative estimate of drug-likeness (QED) is 0.327. The zero-order chi connectivity index (χ0) is 29.7. The Bertz CT molecular complexity index is 1330. The van der Waals surface area contributed by atoms with Gasteiger partial charge in [-0.05, 0) is 49.1 Å². The Morgan fingerprint density at radius 2 is 1.90 bits per heavy atom. The molecule has 2 amide bonds. The van der Waals surface area contributed by atoms with E-state index in [9.17, 15) is 23.1 Å². The number of hydrogen-bond acceptors (Lipinski definition) is 9. The van der Waals surface area contributed by atoms with Crippen LogP contribution in [0.5, 0.6) is 5.75 Å². The van der Waals surface area contributed by atoms with Gasteiger partial charge >= 0.3 is 6.09 Å². The lowest BCUT2D eigenvalue weighted by Crippen LogP contribution is -2.53. The third-order valence-corrected chi connectivity index (χ3v) is 9.75. The average molecular weight is 604 g/mol. The fourth-order valence-electron chi connectivity index (χ4n) is 5.59. The number of benzene rings is 2. The number of aliphatic hydroxyl groups is 1. The molecule has 0 saturated carbocycles. The lowest BCUT2D eigenvalue weighted by Gasteiger charge is -2.31. The molecule has 3 aliphatic rings. The highest BCUT2D eigenvalue weighted by Crippen LogP contribution is 2.33. The van der Waals surface area contributed by atoms with E-state index in [0.29, 0.717) is 31.6 Å². The topological polar surface area (TPSA) is 153 Å². The van der Waals surface area contributed by atoms with Crippen molar-refractivity contribution in [2.45, 2.75) is 61.2 Å². The van der Waals surface area contributed by atoms with Gasteiger partial charge in [0.1, 0.15) is 11.9 Å². The van der Waals surface area contributed by atoms with Gasteiger partial charge in [-0.25, -0.2) is 13.2 Å². The van der Waals surface area contributed by atoms with Crippen LogP contribution in [-0.2, 0) is 35.4 Å². The molecule has 3 aliphatic heterocycles. The van der Waals surface area contributed by atoms with Crippen LogP contribution in [0.2, 0.25) is 0 Å². The number of aliphatic hydroxyl groups excluding tert-OH is 1. The molecule has 0 bridgehead atoms. The number of alkyl carbamates (subject to hydrolysis) is 1. The molecule has 2 aromatic carbocycles. The first kappa shape index (κ1) is 30.2. The minimum Gasteiger partial charge on any atom is -0.497 e. The van der Waals surface area contributed by atoms with E-state index >= 15 is 0 Å². The molecule has 0 spiro atoms. The van der Waals surface area contributed by atoms with Gasteiger partial charge < -0.3 is 34.7 Å². The third-order valence-electron chi connectivity index (χ3n) is 7.91. The number of nitrogens with one attached hydrogen (secondary N) is 2. The molecule has 2 aromatic rings. The number of nitrogens with zero attached hydrogens (tertiary/aromatic N) is 1. The molecule has 3 N–H and O–H groups in total. The maximum atomic E-state index is 13.8. The van der Waals surface area contributed by atoms with Gasteiger partial charge in [-0.3, -0.25) is 4.79 Å². The standard InChI is InChI=1S/C29H37N3O9S/c1-38-21-8-10-22(11-9-21)42(36,37)32(16-20-7-12-27(34)30-20)17-25(33)24(15-19-5-3-2-4-6-19)31-29(35)41-26-18-40-28-23(26)13-14-39-28/h2-6,8-11,20,23-26,28,33H,7,12-18H2,1H3,(H,30,34)(H,31,35)/t20?,23-,24-,25+,26?,28+/m0/s1. The van der Waals surface area contributed by atoms with Gasteiger partial charge in [-0.1, -0.05) is 30.3 Å². The van der Waals surface area contributed by atoms with Gasteiger partial charge in [0.05, 0.1) is 43.3 Å². The van der Waals surface area contributed by atoms with Gasteiger partial charge in [-0.15, -0.1) is 0 Å². The van der Waals surface area contributed by atoms with Crippen molar-refractivity contribution >= 4 is 22.0 Å². The zero-order valence-electron chi connectivity index (χ0n) is 23.4. The number of methoxy groups -OCH3 is 1. The van der Waals surface area contributed by atoms with Crippen LogP contribution in [0, 0.1) is 5.92 Å². The summed E-state index contributed by atoms with van der Waals surface area (Å²) in [7, 11) is -2.61. The van der Waals surface area contributed by atoms with Crippen LogP contribution in [-0.4, -0.2) is 93.8 Å². The van der Waals surface area contributed by atoms with Crippen LogP contribution >= 0.6 is 0 Å². The first-order valence-corrected chi connectivity index (χ1v) is 15.5. The first-order valence-electron chi connectivity index (χ1n) is 14.1. The molecule has 3 saturated heterocycles. The van der Waals surface area contributed by atoms with E-state index in [-0.39, 0.29) is 49.1 Å². The number of sulfonamides is 1. The first-order chi connectivity index (χ1) is 20.2. The summed E-state index contributed by atoms with van der Waals surface area (Å²) in [5, 5.41) is 17.1. The molecule has 228 valence electrons. The van der Waals surface area contributed by atoms with Crippen LogP contribution < -0.4 is 15.4 Å². The second kappa shape index (κ2) is 13.4. The molecular weight excluding hydrogens is 566 g/mol. The number of hydrogen-bond donors (Lipinski definition) is 3. The van der Waals surface area contributed by atoms with E-state index in [2.05, 4.69) is 10.6 Å². The van der Waals surface area contributed by atoms with Crippen molar-refractivity contribution in [3.8, 4) is 5.75 Å². The number of fused-ring (bicyclic) bond motifs is 1. The predicted octanol–water partition coefficient (Wildman–Crippen LogP) is 1.42. The Labute approximate surface area is 245 Å². The molecule has 0 aliphatic carbocycles. The molecule has 13 heteroatoms. The normalized spacial score (nSPS) is 25.1. The summed E-state index contributed by atoms with van der Waals surface area (Å²) in [6, 6.07) is 13.9. The Morgan fingerprint density at radius 3 is 2.60 bits per heavy atom. The lowest BCUT2D eigenvalue weighted by molar-refractivity contribution is -0.119. The molecule has 42 heavy (non-hydrogen) atoms. The SMILES string of the molecule is COc1ccc(S(=O)(=O)N(CC2CCC(=O)N2)C[C@@H](O)[C@H](Cc2ccccc2)NC(=O)OC2CO[C@H]3OCC[C@@H]23)cc1. The van der Waals surface area contributed by atoms with Crippen molar-refractivity contribution in [2.24, 2.45) is 5.92 Å². The Morgan fingerprint density at radius 1 is 1.14 bits per heavy atom. The molecule has 3 heterocycles. The summed E-state index contributed by atoms with van der Waals surface area (Å²) in [4.78, 5) is 24.9. The fraction of sp³-hybridized carbons (Fsp3) is 0.517. The van der Waals surface area contributed by atoms with E-state index in [0.717, 1.165) is 9.87 Å². The van der Waals surface area contributed by atoms with Gasteiger partial charge in [-0.2, -0.15) is 4.31 Å².